The molecule has 0 saturated carbocycles. The van der Waals surface area contributed by atoms with E-state index in [1.807, 2.05) is 0 Å². The van der Waals surface area contributed by atoms with Crippen LogP contribution in [-0.4, -0.2) is 21.8 Å². The topological polar surface area (TPSA) is 70.2 Å². The second-order valence-corrected chi connectivity index (χ2v) is 5.07. The standard InChI is InChI=1S/C15H12ClN3O3/c1-19-8-9(3-6-13(19)20)14-17-15(22-18-14)11-7-10(16)4-5-12(11)21-2/h3-8H,1-2H3. The van der Waals surface area contributed by atoms with Gasteiger partial charge >= 0.3 is 0 Å². The average Bonchev–Trinajstić information content (AvgIpc) is 3.00. The molecule has 6 nitrogen and oxygen atoms in total. The largest absolute Gasteiger partial charge is 0.496 e. The van der Waals surface area contributed by atoms with Gasteiger partial charge in [0.1, 0.15) is 5.75 Å². The van der Waals surface area contributed by atoms with Crippen LogP contribution in [0.1, 0.15) is 0 Å². The van der Waals surface area contributed by atoms with Crippen molar-refractivity contribution in [3.8, 4) is 28.6 Å². The molecular formula is C15H12ClN3O3. The van der Waals surface area contributed by atoms with E-state index in [-0.39, 0.29) is 5.56 Å². The van der Waals surface area contributed by atoms with Crippen LogP contribution in [0.4, 0.5) is 0 Å². The summed E-state index contributed by atoms with van der Waals surface area (Å²) in [5.41, 5.74) is 1.18. The zero-order valence-corrected chi connectivity index (χ0v) is 12.7. The summed E-state index contributed by atoms with van der Waals surface area (Å²) in [5.74, 6) is 1.26. The molecule has 1 aromatic carbocycles. The Balaban J connectivity index is 2.05. The summed E-state index contributed by atoms with van der Waals surface area (Å²) in [6.07, 6.45) is 1.65. The van der Waals surface area contributed by atoms with Gasteiger partial charge in [-0.2, -0.15) is 4.98 Å². The van der Waals surface area contributed by atoms with Crippen molar-refractivity contribution in [1.29, 1.82) is 0 Å². The van der Waals surface area contributed by atoms with E-state index in [2.05, 4.69) is 10.1 Å². The van der Waals surface area contributed by atoms with Gasteiger partial charge in [0.05, 0.1) is 12.7 Å². The Kier molecular flexibility index (Phi) is 3.68. The Morgan fingerprint density at radius 1 is 1.27 bits per heavy atom. The molecule has 2 aromatic heterocycles. The molecule has 0 aliphatic heterocycles. The molecule has 0 aliphatic rings. The number of halogens is 1. The minimum Gasteiger partial charge on any atom is -0.496 e. The molecule has 0 atom stereocenters. The number of hydrogen-bond acceptors (Lipinski definition) is 5. The van der Waals surface area contributed by atoms with Gasteiger partial charge in [0, 0.05) is 29.9 Å². The minimum absolute atomic E-state index is 0.107. The van der Waals surface area contributed by atoms with Gasteiger partial charge < -0.3 is 13.8 Å². The van der Waals surface area contributed by atoms with Crippen molar-refractivity contribution in [3.05, 3.63) is 51.9 Å². The van der Waals surface area contributed by atoms with Crippen LogP contribution in [0, 0.1) is 0 Å². The first kappa shape index (κ1) is 14.3. The Morgan fingerprint density at radius 3 is 2.82 bits per heavy atom. The van der Waals surface area contributed by atoms with Crippen LogP contribution in [0.5, 0.6) is 5.75 Å². The summed E-state index contributed by atoms with van der Waals surface area (Å²) in [7, 11) is 3.21. The van der Waals surface area contributed by atoms with Crippen molar-refractivity contribution < 1.29 is 9.26 Å². The third-order valence-corrected chi connectivity index (χ3v) is 3.40. The Morgan fingerprint density at radius 2 is 2.09 bits per heavy atom. The molecule has 0 saturated heterocycles. The predicted molar refractivity (Wildman–Crippen MR) is 82.0 cm³/mol. The first-order valence-corrected chi connectivity index (χ1v) is 6.81. The fourth-order valence-electron chi connectivity index (χ4n) is 2.02. The second kappa shape index (κ2) is 5.65. The molecule has 3 rings (SSSR count). The summed E-state index contributed by atoms with van der Waals surface area (Å²) < 4.78 is 12.0. The molecule has 0 amide bonds. The quantitative estimate of drug-likeness (QED) is 0.743. The molecule has 0 fully saturated rings. The van der Waals surface area contributed by atoms with Gasteiger partial charge in [-0.25, -0.2) is 0 Å². The van der Waals surface area contributed by atoms with Gasteiger partial charge in [0.25, 0.3) is 5.89 Å². The lowest BCUT2D eigenvalue weighted by Crippen LogP contribution is -2.14. The Hall–Kier alpha value is -2.60. The summed E-state index contributed by atoms with van der Waals surface area (Å²) in [6.45, 7) is 0. The highest BCUT2D eigenvalue weighted by atomic mass is 35.5. The lowest BCUT2D eigenvalue weighted by atomic mass is 10.2. The highest BCUT2D eigenvalue weighted by Gasteiger charge is 2.15. The van der Waals surface area contributed by atoms with Crippen molar-refractivity contribution >= 4 is 11.6 Å². The molecule has 22 heavy (non-hydrogen) atoms. The van der Waals surface area contributed by atoms with Crippen LogP contribution in [0.25, 0.3) is 22.8 Å². The van der Waals surface area contributed by atoms with Crippen LogP contribution < -0.4 is 10.3 Å². The zero-order chi connectivity index (χ0) is 15.7. The number of pyridine rings is 1. The van der Waals surface area contributed by atoms with E-state index in [1.54, 1.807) is 44.6 Å². The van der Waals surface area contributed by atoms with E-state index in [0.29, 0.717) is 33.6 Å². The second-order valence-electron chi connectivity index (χ2n) is 4.63. The first-order valence-electron chi connectivity index (χ1n) is 6.43. The summed E-state index contributed by atoms with van der Waals surface area (Å²) in [4.78, 5) is 15.8. The number of ether oxygens (including phenoxy) is 1. The normalized spacial score (nSPS) is 10.7. The molecule has 112 valence electrons. The minimum atomic E-state index is -0.107. The third-order valence-electron chi connectivity index (χ3n) is 3.16. The molecule has 7 heteroatoms. The van der Waals surface area contributed by atoms with Crippen molar-refractivity contribution in [2.45, 2.75) is 0 Å². The number of aryl methyl sites for hydroxylation is 1. The maximum absolute atomic E-state index is 11.4. The summed E-state index contributed by atoms with van der Waals surface area (Å²) >= 11 is 6.00. The molecule has 0 unspecified atom stereocenters. The van der Waals surface area contributed by atoms with Crippen molar-refractivity contribution in [3.63, 3.8) is 0 Å². The first-order chi connectivity index (χ1) is 10.6. The van der Waals surface area contributed by atoms with Gasteiger partial charge in [-0.1, -0.05) is 16.8 Å². The van der Waals surface area contributed by atoms with Gasteiger partial charge in [0.2, 0.25) is 11.4 Å². The lowest BCUT2D eigenvalue weighted by molar-refractivity contribution is 0.405. The molecule has 0 bridgehead atoms. The van der Waals surface area contributed by atoms with E-state index < -0.39 is 0 Å². The maximum atomic E-state index is 11.4. The number of methoxy groups -OCH3 is 1. The van der Waals surface area contributed by atoms with Crippen LogP contribution in [0.2, 0.25) is 5.02 Å². The lowest BCUT2D eigenvalue weighted by Gasteiger charge is -2.04. The number of aromatic nitrogens is 3. The number of rotatable bonds is 3. The SMILES string of the molecule is COc1ccc(Cl)cc1-c1nc(-c2ccc(=O)n(C)c2)no1. The van der Waals surface area contributed by atoms with Gasteiger partial charge in [-0.3, -0.25) is 4.79 Å². The Bertz CT molecular complexity index is 886. The van der Waals surface area contributed by atoms with Gasteiger partial charge in [-0.05, 0) is 24.3 Å². The van der Waals surface area contributed by atoms with Crippen molar-refractivity contribution in [1.82, 2.24) is 14.7 Å². The predicted octanol–water partition coefficient (Wildman–Crippen LogP) is 2.76. The van der Waals surface area contributed by atoms with Crippen molar-refractivity contribution in [2.24, 2.45) is 7.05 Å². The Labute approximate surface area is 130 Å². The molecule has 0 radical (unpaired) electrons. The fraction of sp³-hybridized carbons (Fsp3) is 0.133. The van der Waals surface area contributed by atoms with Crippen LogP contribution in [0.15, 0.2) is 45.8 Å². The summed E-state index contributed by atoms with van der Waals surface area (Å²) in [6, 6.07) is 8.23. The van der Waals surface area contributed by atoms with E-state index in [9.17, 15) is 4.79 Å². The van der Waals surface area contributed by atoms with Crippen molar-refractivity contribution in [2.75, 3.05) is 7.11 Å². The number of benzene rings is 1. The highest BCUT2D eigenvalue weighted by Crippen LogP contribution is 2.32. The monoisotopic (exact) mass is 317 g/mol. The highest BCUT2D eigenvalue weighted by molar-refractivity contribution is 6.30. The van der Waals surface area contributed by atoms with E-state index in [4.69, 9.17) is 20.9 Å². The smallest absolute Gasteiger partial charge is 0.262 e. The molecule has 3 aromatic rings. The molecule has 2 heterocycles. The zero-order valence-electron chi connectivity index (χ0n) is 11.9. The third kappa shape index (κ3) is 2.60. The molecule has 0 spiro atoms. The van der Waals surface area contributed by atoms with E-state index in [0.717, 1.165) is 0 Å². The van der Waals surface area contributed by atoms with E-state index >= 15 is 0 Å². The van der Waals surface area contributed by atoms with Crippen LogP contribution in [0.3, 0.4) is 0 Å². The fourth-order valence-corrected chi connectivity index (χ4v) is 2.20. The molecule has 0 aliphatic carbocycles. The average molecular weight is 318 g/mol. The summed E-state index contributed by atoms with van der Waals surface area (Å²) in [5, 5.41) is 4.48. The number of hydrogen-bond donors (Lipinski definition) is 0. The molecular weight excluding hydrogens is 306 g/mol. The van der Waals surface area contributed by atoms with Crippen LogP contribution in [-0.2, 0) is 7.05 Å². The van der Waals surface area contributed by atoms with E-state index in [1.165, 1.54) is 10.6 Å². The molecule has 0 N–H and O–H groups in total. The number of nitrogens with zero attached hydrogens (tertiary/aromatic N) is 3. The van der Waals surface area contributed by atoms with Crippen LogP contribution >= 0.6 is 11.6 Å². The van der Waals surface area contributed by atoms with Gasteiger partial charge in [0.15, 0.2) is 0 Å². The maximum Gasteiger partial charge on any atom is 0.262 e. The van der Waals surface area contributed by atoms with Gasteiger partial charge in [-0.15, -0.1) is 0 Å².